The summed E-state index contributed by atoms with van der Waals surface area (Å²) < 4.78 is 5.53. The van der Waals surface area contributed by atoms with Gasteiger partial charge in [-0.05, 0) is 43.9 Å². The summed E-state index contributed by atoms with van der Waals surface area (Å²) in [5.74, 6) is 1.86. The molecule has 3 heterocycles. The molecule has 4 rings (SSSR count). The van der Waals surface area contributed by atoms with Crippen LogP contribution in [0.15, 0.2) is 30.5 Å². The van der Waals surface area contributed by atoms with E-state index in [2.05, 4.69) is 22.0 Å². The molecular weight excluding hydrogens is 364 g/mol. The van der Waals surface area contributed by atoms with E-state index in [0.29, 0.717) is 6.61 Å². The molecule has 0 spiro atoms. The Balaban J connectivity index is 1.43. The fourth-order valence-corrected chi connectivity index (χ4v) is 4.38. The van der Waals surface area contributed by atoms with Crippen LogP contribution in [0.5, 0.6) is 5.75 Å². The number of likely N-dealkylation sites (tertiary alicyclic amines) is 1. The van der Waals surface area contributed by atoms with Gasteiger partial charge in [-0.15, -0.1) is 0 Å². The molecule has 1 amide bonds. The molecule has 29 heavy (non-hydrogen) atoms. The summed E-state index contributed by atoms with van der Waals surface area (Å²) in [7, 11) is 0. The van der Waals surface area contributed by atoms with Crippen molar-refractivity contribution in [1.82, 2.24) is 19.8 Å². The summed E-state index contributed by atoms with van der Waals surface area (Å²) >= 11 is 0. The number of fused-ring (bicyclic) bond motifs is 1. The average Bonchev–Trinajstić information content (AvgIpc) is 2.75. The molecule has 1 saturated heterocycles. The van der Waals surface area contributed by atoms with Crippen LogP contribution in [0.1, 0.15) is 61.8 Å². The van der Waals surface area contributed by atoms with Crippen LogP contribution in [0.25, 0.3) is 0 Å². The van der Waals surface area contributed by atoms with Crippen molar-refractivity contribution in [2.75, 3.05) is 19.7 Å². The van der Waals surface area contributed by atoms with E-state index in [1.807, 2.05) is 30.2 Å². The van der Waals surface area contributed by atoms with Gasteiger partial charge in [0.1, 0.15) is 5.75 Å². The lowest BCUT2D eigenvalue weighted by Gasteiger charge is -2.35. The standard InChI is InChI=1S/C23H30N4O2/c1-3-29-20-9-7-18(8-10-20)15-26-13-11-21-19(16-26)14-24-23(25-21)22-6-4-5-12-27(22)17(2)28/h7-10,14,22H,3-6,11-13,15-16H2,1-2H3/t22-/m1/s1. The number of piperidine rings is 1. The van der Waals surface area contributed by atoms with Gasteiger partial charge in [-0.1, -0.05) is 12.1 Å². The minimum Gasteiger partial charge on any atom is -0.494 e. The Hall–Kier alpha value is -2.47. The third-order valence-corrected chi connectivity index (χ3v) is 5.88. The topological polar surface area (TPSA) is 58.6 Å². The normalized spacial score (nSPS) is 19.7. The molecule has 1 aromatic heterocycles. The largest absolute Gasteiger partial charge is 0.494 e. The van der Waals surface area contributed by atoms with E-state index in [9.17, 15) is 4.79 Å². The van der Waals surface area contributed by atoms with Gasteiger partial charge in [0.15, 0.2) is 5.82 Å². The summed E-state index contributed by atoms with van der Waals surface area (Å²) in [4.78, 5) is 25.9. The van der Waals surface area contributed by atoms with Crippen molar-refractivity contribution >= 4 is 5.91 Å². The molecule has 2 aliphatic heterocycles. The van der Waals surface area contributed by atoms with Crippen molar-refractivity contribution in [1.29, 1.82) is 0 Å². The van der Waals surface area contributed by atoms with Crippen LogP contribution in [0.2, 0.25) is 0 Å². The summed E-state index contributed by atoms with van der Waals surface area (Å²) in [6.07, 6.45) is 6.07. The molecule has 1 fully saturated rings. The fraction of sp³-hybridized carbons (Fsp3) is 0.522. The maximum atomic E-state index is 12.0. The quantitative estimate of drug-likeness (QED) is 0.777. The van der Waals surface area contributed by atoms with Gasteiger partial charge >= 0.3 is 0 Å². The lowest BCUT2D eigenvalue weighted by Crippen LogP contribution is -2.38. The van der Waals surface area contributed by atoms with Gasteiger partial charge in [0.25, 0.3) is 0 Å². The Labute approximate surface area is 172 Å². The van der Waals surface area contributed by atoms with Gasteiger partial charge in [0, 0.05) is 57.0 Å². The molecule has 1 atom stereocenters. The number of hydrogen-bond acceptors (Lipinski definition) is 5. The van der Waals surface area contributed by atoms with Crippen molar-refractivity contribution < 1.29 is 9.53 Å². The lowest BCUT2D eigenvalue weighted by atomic mass is 10.0. The van der Waals surface area contributed by atoms with E-state index < -0.39 is 0 Å². The van der Waals surface area contributed by atoms with E-state index >= 15 is 0 Å². The molecule has 1 aromatic carbocycles. The first-order valence-electron chi connectivity index (χ1n) is 10.7. The SMILES string of the molecule is CCOc1ccc(CN2CCc3nc([C@H]4CCCCN4C(C)=O)ncc3C2)cc1. The summed E-state index contributed by atoms with van der Waals surface area (Å²) in [5, 5.41) is 0. The molecule has 2 aromatic rings. The van der Waals surface area contributed by atoms with Crippen LogP contribution in [-0.4, -0.2) is 45.4 Å². The average molecular weight is 395 g/mol. The van der Waals surface area contributed by atoms with Crippen LogP contribution in [0.4, 0.5) is 0 Å². The zero-order valence-electron chi connectivity index (χ0n) is 17.4. The highest BCUT2D eigenvalue weighted by atomic mass is 16.5. The molecule has 0 saturated carbocycles. The summed E-state index contributed by atoms with van der Waals surface area (Å²) in [6.45, 7) is 7.91. The first-order chi connectivity index (χ1) is 14.1. The summed E-state index contributed by atoms with van der Waals surface area (Å²) in [6, 6.07) is 8.39. The maximum absolute atomic E-state index is 12.0. The predicted octanol–water partition coefficient (Wildman–Crippen LogP) is 3.51. The van der Waals surface area contributed by atoms with Crippen molar-refractivity contribution in [2.45, 2.75) is 58.7 Å². The lowest BCUT2D eigenvalue weighted by molar-refractivity contribution is -0.132. The second-order valence-electron chi connectivity index (χ2n) is 7.96. The van der Waals surface area contributed by atoms with E-state index in [-0.39, 0.29) is 11.9 Å². The number of carbonyl (C=O) groups is 1. The molecule has 0 unspecified atom stereocenters. The second kappa shape index (κ2) is 8.91. The Kier molecular flexibility index (Phi) is 6.09. The molecule has 154 valence electrons. The van der Waals surface area contributed by atoms with Crippen LogP contribution >= 0.6 is 0 Å². The maximum Gasteiger partial charge on any atom is 0.220 e. The van der Waals surface area contributed by atoms with Gasteiger partial charge in [0.05, 0.1) is 12.6 Å². The number of aromatic nitrogens is 2. The molecule has 6 nitrogen and oxygen atoms in total. The zero-order chi connectivity index (χ0) is 20.2. The molecular formula is C23H30N4O2. The highest BCUT2D eigenvalue weighted by Crippen LogP contribution is 2.30. The molecule has 2 aliphatic rings. The molecule has 0 radical (unpaired) electrons. The van der Waals surface area contributed by atoms with Gasteiger partial charge in [-0.25, -0.2) is 9.97 Å². The fourth-order valence-electron chi connectivity index (χ4n) is 4.38. The summed E-state index contributed by atoms with van der Waals surface area (Å²) in [5.41, 5.74) is 3.64. The zero-order valence-corrected chi connectivity index (χ0v) is 17.4. The molecule has 0 bridgehead atoms. The van der Waals surface area contributed by atoms with Crippen molar-refractivity contribution in [3.05, 3.63) is 53.1 Å². The third-order valence-electron chi connectivity index (χ3n) is 5.88. The number of benzene rings is 1. The third kappa shape index (κ3) is 4.58. The van der Waals surface area contributed by atoms with Crippen LogP contribution in [0.3, 0.4) is 0 Å². The van der Waals surface area contributed by atoms with Gasteiger partial charge in [0.2, 0.25) is 5.91 Å². The number of rotatable bonds is 5. The number of amides is 1. The Morgan fingerprint density at radius 2 is 2.03 bits per heavy atom. The number of nitrogens with zero attached hydrogens (tertiary/aromatic N) is 4. The molecule has 6 heteroatoms. The van der Waals surface area contributed by atoms with E-state index in [4.69, 9.17) is 9.72 Å². The van der Waals surface area contributed by atoms with Crippen LogP contribution in [0, 0.1) is 0 Å². The minimum absolute atomic E-state index is 0.0356. The smallest absolute Gasteiger partial charge is 0.220 e. The van der Waals surface area contributed by atoms with Gasteiger partial charge < -0.3 is 9.64 Å². The molecule has 0 N–H and O–H groups in total. The van der Waals surface area contributed by atoms with E-state index in [1.54, 1.807) is 6.92 Å². The first kappa shape index (κ1) is 19.8. The van der Waals surface area contributed by atoms with E-state index in [0.717, 1.165) is 69.1 Å². The Morgan fingerprint density at radius 1 is 1.21 bits per heavy atom. The van der Waals surface area contributed by atoms with Gasteiger partial charge in [-0.2, -0.15) is 0 Å². The highest BCUT2D eigenvalue weighted by Gasteiger charge is 2.29. The second-order valence-corrected chi connectivity index (χ2v) is 7.96. The van der Waals surface area contributed by atoms with Crippen LogP contribution < -0.4 is 4.74 Å². The molecule has 0 aliphatic carbocycles. The van der Waals surface area contributed by atoms with E-state index in [1.165, 1.54) is 11.1 Å². The Morgan fingerprint density at radius 3 is 2.79 bits per heavy atom. The van der Waals surface area contributed by atoms with Crippen LogP contribution in [-0.2, 0) is 24.3 Å². The van der Waals surface area contributed by atoms with Gasteiger partial charge in [-0.3, -0.25) is 9.69 Å². The first-order valence-corrected chi connectivity index (χ1v) is 10.7. The van der Waals surface area contributed by atoms with Crippen molar-refractivity contribution in [2.24, 2.45) is 0 Å². The van der Waals surface area contributed by atoms with Crippen molar-refractivity contribution in [3.63, 3.8) is 0 Å². The highest BCUT2D eigenvalue weighted by molar-refractivity contribution is 5.73. The number of hydrogen-bond donors (Lipinski definition) is 0. The minimum atomic E-state index is 0.0356. The number of carbonyl (C=O) groups excluding carboxylic acids is 1. The predicted molar refractivity (Wildman–Crippen MR) is 111 cm³/mol. The van der Waals surface area contributed by atoms with Crippen molar-refractivity contribution in [3.8, 4) is 5.75 Å². The monoisotopic (exact) mass is 394 g/mol. The number of ether oxygens (including phenoxy) is 1. The Bertz CT molecular complexity index is 852.